The summed E-state index contributed by atoms with van der Waals surface area (Å²) in [7, 11) is 1.69. The maximum Gasteiger partial charge on any atom is 0.325 e. The fourth-order valence-corrected chi connectivity index (χ4v) is 4.36. The fourth-order valence-electron chi connectivity index (χ4n) is 4.36. The van der Waals surface area contributed by atoms with Gasteiger partial charge in [-0.3, -0.25) is 15.1 Å². The molecule has 0 spiro atoms. The first-order valence-electron chi connectivity index (χ1n) is 10.7. The number of imidazole rings is 1. The number of aryl methyl sites for hydroxylation is 1. The zero-order valence-electron chi connectivity index (χ0n) is 17.8. The molecule has 2 N–H and O–H groups in total. The van der Waals surface area contributed by atoms with Gasteiger partial charge in [0.05, 0.1) is 6.33 Å². The van der Waals surface area contributed by atoms with E-state index in [0.717, 1.165) is 29.3 Å². The molecule has 2 saturated heterocycles. The van der Waals surface area contributed by atoms with E-state index < -0.39 is 18.2 Å². The molecule has 1 aromatic heterocycles. The molecule has 2 aromatic carbocycles. The summed E-state index contributed by atoms with van der Waals surface area (Å²) in [5.41, 5.74) is 1.10. The van der Waals surface area contributed by atoms with Crippen LogP contribution in [0.4, 0.5) is 4.79 Å². The molecule has 164 valence electrons. The third kappa shape index (κ3) is 3.66. The Morgan fingerprint density at radius 3 is 2.81 bits per heavy atom. The van der Waals surface area contributed by atoms with Gasteiger partial charge in [0.1, 0.15) is 6.17 Å². The van der Waals surface area contributed by atoms with Crippen LogP contribution in [0, 0.1) is 0 Å². The van der Waals surface area contributed by atoms with Gasteiger partial charge in [-0.05, 0) is 22.8 Å². The zero-order valence-corrected chi connectivity index (χ0v) is 17.8. The number of nitrogens with zero attached hydrogens (tertiary/aromatic N) is 5. The number of carbonyl (C=O) groups is 2. The van der Waals surface area contributed by atoms with Gasteiger partial charge in [0.15, 0.2) is 12.0 Å². The average Bonchev–Trinajstić information content (AvgIpc) is 3.44. The van der Waals surface area contributed by atoms with Gasteiger partial charge >= 0.3 is 6.03 Å². The first kappa shape index (κ1) is 20.0. The molecule has 9 nitrogen and oxygen atoms in total. The van der Waals surface area contributed by atoms with Crippen LogP contribution in [0.15, 0.2) is 66.2 Å². The van der Waals surface area contributed by atoms with Crippen molar-refractivity contribution < 1.29 is 9.59 Å². The average molecular weight is 432 g/mol. The van der Waals surface area contributed by atoms with Crippen molar-refractivity contribution in [3.05, 3.63) is 66.7 Å². The number of aromatic nitrogens is 2. The minimum atomic E-state index is -0.552. The van der Waals surface area contributed by atoms with Crippen molar-refractivity contribution in [3.8, 4) is 0 Å². The van der Waals surface area contributed by atoms with E-state index in [1.54, 1.807) is 19.6 Å². The van der Waals surface area contributed by atoms with Crippen molar-refractivity contribution in [3.63, 3.8) is 0 Å². The molecule has 0 saturated carbocycles. The number of fused-ring (bicyclic) bond motifs is 2. The number of imide groups is 1. The van der Waals surface area contributed by atoms with E-state index >= 15 is 0 Å². The SMILES string of the molecule is CN1C(=O)NC(=O)C2C1NC(=NCCCn1ccnc1)N2Cc1cccc2ccccc12. The molecule has 9 heteroatoms. The second-order valence-electron chi connectivity index (χ2n) is 8.06. The molecule has 2 fully saturated rings. The van der Waals surface area contributed by atoms with E-state index in [9.17, 15) is 9.59 Å². The van der Waals surface area contributed by atoms with Crippen LogP contribution in [0.2, 0.25) is 0 Å². The normalized spacial score (nSPS) is 21.7. The first-order chi connectivity index (χ1) is 15.6. The number of nitrogens with one attached hydrogen (secondary N) is 2. The molecule has 2 unspecified atom stereocenters. The summed E-state index contributed by atoms with van der Waals surface area (Å²) < 4.78 is 2.01. The predicted molar refractivity (Wildman–Crippen MR) is 121 cm³/mol. The van der Waals surface area contributed by atoms with Gasteiger partial charge in [0, 0.05) is 39.1 Å². The number of aliphatic imine (C=N–C) groups is 1. The molecule has 3 amide bonds. The van der Waals surface area contributed by atoms with Crippen LogP contribution in [0.1, 0.15) is 12.0 Å². The van der Waals surface area contributed by atoms with Crippen molar-refractivity contribution in [1.29, 1.82) is 0 Å². The molecular formula is C23H25N7O2. The van der Waals surface area contributed by atoms with E-state index in [1.807, 2.05) is 33.9 Å². The van der Waals surface area contributed by atoms with Crippen LogP contribution < -0.4 is 10.6 Å². The Morgan fingerprint density at radius 2 is 1.97 bits per heavy atom. The molecule has 0 radical (unpaired) electrons. The lowest BCUT2D eigenvalue weighted by Crippen LogP contribution is -2.64. The molecule has 2 aliphatic rings. The third-order valence-electron chi connectivity index (χ3n) is 6.04. The molecule has 0 bridgehead atoms. The van der Waals surface area contributed by atoms with E-state index in [4.69, 9.17) is 4.99 Å². The number of guanidine groups is 1. The molecule has 0 aliphatic carbocycles. The summed E-state index contributed by atoms with van der Waals surface area (Å²) in [5, 5.41) is 8.06. The Bertz CT molecular complexity index is 1170. The predicted octanol–water partition coefficient (Wildman–Crippen LogP) is 1.76. The highest BCUT2D eigenvalue weighted by Crippen LogP contribution is 2.26. The van der Waals surface area contributed by atoms with Crippen LogP contribution in [-0.4, -0.2) is 63.0 Å². The number of hydrogen-bond acceptors (Lipinski definition) is 4. The number of rotatable bonds is 6. The highest BCUT2D eigenvalue weighted by Gasteiger charge is 2.49. The first-order valence-corrected chi connectivity index (χ1v) is 10.7. The second-order valence-corrected chi connectivity index (χ2v) is 8.06. The number of carbonyl (C=O) groups excluding carboxylic acids is 2. The van der Waals surface area contributed by atoms with Gasteiger partial charge in [0.25, 0.3) is 5.91 Å². The van der Waals surface area contributed by atoms with Gasteiger partial charge in [-0.25, -0.2) is 9.78 Å². The summed E-state index contributed by atoms with van der Waals surface area (Å²) in [6, 6.07) is 13.4. The lowest BCUT2D eigenvalue weighted by molar-refractivity contribution is -0.127. The molecule has 3 heterocycles. The number of likely N-dealkylation sites (N-methyl/N-ethyl adjacent to an activating group) is 1. The molecule has 3 aromatic rings. The number of amides is 3. The number of benzene rings is 2. The maximum absolute atomic E-state index is 12.8. The zero-order chi connectivity index (χ0) is 22.1. The summed E-state index contributed by atoms with van der Waals surface area (Å²) in [4.78, 5) is 37.3. The topological polar surface area (TPSA) is 94.9 Å². The van der Waals surface area contributed by atoms with Crippen LogP contribution in [0.25, 0.3) is 10.8 Å². The Labute approximate surface area is 185 Å². The van der Waals surface area contributed by atoms with Crippen LogP contribution >= 0.6 is 0 Å². The minimum absolute atomic E-state index is 0.311. The molecule has 2 aliphatic heterocycles. The van der Waals surface area contributed by atoms with Crippen molar-refractivity contribution in [2.75, 3.05) is 13.6 Å². The second kappa shape index (κ2) is 8.33. The van der Waals surface area contributed by atoms with Gasteiger partial charge < -0.3 is 19.7 Å². The monoisotopic (exact) mass is 431 g/mol. The van der Waals surface area contributed by atoms with Crippen molar-refractivity contribution in [2.24, 2.45) is 4.99 Å². The summed E-state index contributed by atoms with van der Waals surface area (Å²) in [6.45, 7) is 1.91. The molecule has 32 heavy (non-hydrogen) atoms. The Kier molecular flexibility index (Phi) is 5.22. The summed E-state index contributed by atoms with van der Waals surface area (Å²) in [6.07, 6.45) is 5.84. The van der Waals surface area contributed by atoms with Gasteiger partial charge in [-0.1, -0.05) is 42.5 Å². The Morgan fingerprint density at radius 1 is 1.12 bits per heavy atom. The van der Waals surface area contributed by atoms with Gasteiger partial charge in [-0.2, -0.15) is 0 Å². The summed E-state index contributed by atoms with van der Waals surface area (Å²) in [5.74, 6) is 0.324. The van der Waals surface area contributed by atoms with E-state index in [2.05, 4.69) is 39.9 Å². The quantitative estimate of drug-likeness (QED) is 0.580. The Balaban J connectivity index is 1.43. The molecule has 5 rings (SSSR count). The highest BCUT2D eigenvalue weighted by atomic mass is 16.2. The number of urea groups is 1. The smallest absolute Gasteiger partial charge is 0.325 e. The number of hydrogen-bond donors (Lipinski definition) is 2. The Hall–Kier alpha value is -3.88. The van der Waals surface area contributed by atoms with Crippen molar-refractivity contribution in [1.82, 2.24) is 30.0 Å². The van der Waals surface area contributed by atoms with Gasteiger partial charge in [0.2, 0.25) is 0 Å². The fraction of sp³-hybridized carbons (Fsp3) is 0.304. The minimum Gasteiger partial charge on any atom is -0.337 e. The molecular weight excluding hydrogens is 406 g/mol. The lowest BCUT2D eigenvalue weighted by Gasteiger charge is -2.35. The third-order valence-corrected chi connectivity index (χ3v) is 6.04. The van der Waals surface area contributed by atoms with E-state index in [0.29, 0.717) is 19.0 Å². The standard InChI is InChI=1S/C23H25N7O2/c1-28-20-19(21(31)27-23(28)32)30(14-17-8-4-7-16-6-2-3-9-18(16)17)22(26-20)25-10-5-12-29-13-11-24-15-29/h2-4,6-9,11,13,15,19-20H,5,10,12,14H2,1H3,(H,25,26)(H,27,31,32). The lowest BCUT2D eigenvalue weighted by atomic mass is 10.0. The van der Waals surface area contributed by atoms with Crippen molar-refractivity contribution in [2.45, 2.75) is 31.7 Å². The largest absolute Gasteiger partial charge is 0.337 e. The van der Waals surface area contributed by atoms with E-state index in [1.165, 1.54) is 4.90 Å². The van der Waals surface area contributed by atoms with E-state index in [-0.39, 0.29) is 5.91 Å². The highest BCUT2D eigenvalue weighted by molar-refractivity contribution is 6.04. The van der Waals surface area contributed by atoms with Crippen LogP contribution in [0.5, 0.6) is 0 Å². The molecule has 2 atom stereocenters. The van der Waals surface area contributed by atoms with Crippen LogP contribution in [0.3, 0.4) is 0 Å². The van der Waals surface area contributed by atoms with Crippen molar-refractivity contribution >= 4 is 28.7 Å². The van der Waals surface area contributed by atoms with Gasteiger partial charge in [-0.15, -0.1) is 0 Å². The van der Waals surface area contributed by atoms with Crippen LogP contribution in [-0.2, 0) is 17.9 Å². The maximum atomic E-state index is 12.8. The summed E-state index contributed by atoms with van der Waals surface area (Å²) >= 11 is 0.